The van der Waals surface area contributed by atoms with E-state index in [4.69, 9.17) is 0 Å². The average Bonchev–Trinajstić information content (AvgIpc) is 1.98. The molecule has 0 fully saturated rings. The van der Waals surface area contributed by atoms with Crippen molar-refractivity contribution in [2.45, 2.75) is 18.4 Å². The zero-order valence-electron chi connectivity index (χ0n) is 11.6. The second-order valence-corrected chi connectivity index (χ2v) is 2.73. The number of rotatable bonds is 6. The summed E-state index contributed by atoms with van der Waals surface area (Å²) in [6, 6.07) is 0. The summed E-state index contributed by atoms with van der Waals surface area (Å²) in [5.74, 6) is -6.41. The quantitative estimate of drug-likeness (QED) is 0.340. The summed E-state index contributed by atoms with van der Waals surface area (Å²) in [7, 11) is 0. The molecule has 0 aromatic rings. The largest absolute Gasteiger partial charge is 1.00 e. The first-order chi connectivity index (χ1) is 7.19. The van der Waals surface area contributed by atoms with Crippen molar-refractivity contribution < 1.29 is 163 Å². The van der Waals surface area contributed by atoms with Crippen LogP contribution in [-0.4, -0.2) is 29.7 Å². The SMILES string of the molecule is O=C([O-])CC(CC(=O)[O-])(OC(=O)[O-])C(=O)[O-].[Na+].[Na+].[Na+].[Na+]. The third-order valence-corrected chi connectivity index (χ3v) is 1.51. The molecular formula is C7H4Na4O9. The van der Waals surface area contributed by atoms with E-state index in [0.717, 1.165) is 0 Å². The van der Waals surface area contributed by atoms with Gasteiger partial charge in [0.1, 0.15) is 5.60 Å². The van der Waals surface area contributed by atoms with Crippen molar-refractivity contribution in [3.05, 3.63) is 0 Å². The van der Waals surface area contributed by atoms with Crippen LogP contribution >= 0.6 is 0 Å². The van der Waals surface area contributed by atoms with Gasteiger partial charge < -0.3 is 44.3 Å². The Balaban J connectivity index is -0.000000187. The summed E-state index contributed by atoms with van der Waals surface area (Å²) in [6.07, 6.45) is -5.47. The van der Waals surface area contributed by atoms with Crippen molar-refractivity contribution in [1.82, 2.24) is 0 Å². The first kappa shape index (κ1) is 33.3. The maximum atomic E-state index is 10.5. The Hall–Kier alpha value is 1.68. The van der Waals surface area contributed by atoms with E-state index < -0.39 is 42.5 Å². The van der Waals surface area contributed by atoms with Crippen LogP contribution in [0.5, 0.6) is 0 Å². The van der Waals surface area contributed by atoms with Gasteiger partial charge in [-0.25, -0.2) is 0 Å². The molecular weight excluding hydrogens is 320 g/mol. The van der Waals surface area contributed by atoms with Crippen LogP contribution in [-0.2, 0) is 19.1 Å². The molecule has 0 aliphatic rings. The minimum atomic E-state index is -3.11. The van der Waals surface area contributed by atoms with Crippen molar-refractivity contribution in [1.29, 1.82) is 0 Å². The molecule has 0 aromatic carbocycles. The first-order valence-electron chi connectivity index (χ1n) is 3.71. The fourth-order valence-electron chi connectivity index (χ4n) is 0.947. The molecule has 0 aliphatic heterocycles. The number of carboxylic acids is 3. The van der Waals surface area contributed by atoms with Crippen LogP contribution in [0.1, 0.15) is 12.8 Å². The molecule has 20 heavy (non-hydrogen) atoms. The smallest absolute Gasteiger partial charge is 0.550 e. The summed E-state index contributed by atoms with van der Waals surface area (Å²) in [4.78, 5) is 40.9. The van der Waals surface area contributed by atoms with Gasteiger partial charge >= 0.3 is 118 Å². The molecule has 0 bridgehead atoms. The van der Waals surface area contributed by atoms with Crippen LogP contribution < -0.4 is 139 Å². The minimum Gasteiger partial charge on any atom is -0.550 e. The molecule has 0 saturated heterocycles. The van der Waals surface area contributed by atoms with Gasteiger partial charge in [0.2, 0.25) is 0 Å². The van der Waals surface area contributed by atoms with Gasteiger partial charge in [0.15, 0.2) is 0 Å². The van der Waals surface area contributed by atoms with Crippen molar-refractivity contribution in [3.8, 4) is 0 Å². The number of aliphatic carboxylic acids is 3. The molecule has 0 spiro atoms. The molecule has 0 radical (unpaired) electrons. The van der Waals surface area contributed by atoms with Crippen LogP contribution in [0.4, 0.5) is 4.79 Å². The zero-order chi connectivity index (χ0) is 12.9. The average molecular weight is 324 g/mol. The van der Waals surface area contributed by atoms with E-state index in [2.05, 4.69) is 4.74 Å². The van der Waals surface area contributed by atoms with Crippen LogP contribution in [0.15, 0.2) is 0 Å². The fraction of sp³-hybridized carbons (Fsp3) is 0.429. The van der Waals surface area contributed by atoms with E-state index >= 15 is 0 Å². The Kier molecular flexibility index (Phi) is 25.9. The molecule has 0 amide bonds. The number of carbonyl (C=O) groups excluding carboxylic acids is 4. The van der Waals surface area contributed by atoms with Crippen LogP contribution in [0.25, 0.3) is 0 Å². The van der Waals surface area contributed by atoms with Crippen LogP contribution in [0.2, 0.25) is 0 Å². The van der Waals surface area contributed by atoms with E-state index in [0.29, 0.717) is 0 Å². The Labute approximate surface area is 202 Å². The van der Waals surface area contributed by atoms with Gasteiger partial charge in [-0.15, -0.1) is 0 Å². The number of carbonyl (C=O) groups is 4. The van der Waals surface area contributed by atoms with Gasteiger partial charge in [-0.3, -0.25) is 0 Å². The molecule has 0 rings (SSSR count). The Morgan fingerprint density at radius 1 is 0.750 bits per heavy atom. The summed E-state index contributed by atoms with van der Waals surface area (Å²) in [5, 5.41) is 40.9. The van der Waals surface area contributed by atoms with Crippen molar-refractivity contribution in [3.63, 3.8) is 0 Å². The molecule has 0 N–H and O–H groups in total. The third kappa shape index (κ3) is 13.4. The number of carboxylic acid groups (broad SMARTS) is 4. The summed E-state index contributed by atoms with van der Waals surface area (Å²) in [5.41, 5.74) is -3.11. The Morgan fingerprint density at radius 2 is 1.05 bits per heavy atom. The van der Waals surface area contributed by atoms with Gasteiger partial charge in [0.05, 0.1) is 5.97 Å². The summed E-state index contributed by atoms with van der Waals surface area (Å²) < 4.78 is 3.62. The molecule has 13 heteroatoms. The predicted octanol–water partition coefficient (Wildman–Crippen LogP) is -17.9. The molecule has 0 atom stereocenters. The number of ether oxygens (including phenoxy) is 1. The van der Waals surface area contributed by atoms with E-state index in [1.54, 1.807) is 0 Å². The van der Waals surface area contributed by atoms with Gasteiger partial charge in [0, 0.05) is 24.8 Å². The third-order valence-electron chi connectivity index (χ3n) is 1.51. The van der Waals surface area contributed by atoms with Gasteiger partial charge in [-0.05, 0) is 0 Å². The molecule has 0 saturated carbocycles. The fourth-order valence-corrected chi connectivity index (χ4v) is 0.947. The summed E-state index contributed by atoms with van der Waals surface area (Å²) in [6.45, 7) is 0. The van der Waals surface area contributed by atoms with Crippen molar-refractivity contribution >= 4 is 24.1 Å². The second-order valence-electron chi connectivity index (χ2n) is 2.73. The normalized spacial score (nSPS) is 8.40. The molecule has 9 nitrogen and oxygen atoms in total. The molecule has 0 unspecified atom stereocenters. The van der Waals surface area contributed by atoms with E-state index in [-0.39, 0.29) is 118 Å². The number of hydrogen-bond acceptors (Lipinski definition) is 9. The van der Waals surface area contributed by atoms with E-state index in [9.17, 15) is 39.6 Å². The molecule has 0 aliphatic carbocycles. The maximum Gasteiger partial charge on any atom is 1.00 e. The van der Waals surface area contributed by atoms with Crippen molar-refractivity contribution in [2.24, 2.45) is 0 Å². The van der Waals surface area contributed by atoms with Gasteiger partial charge in [-0.2, -0.15) is 0 Å². The molecule has 0 aromatic heterocycles. The maximum absolute atomic E-state index is 10.5. The summed E-state index contributed by atoms with van der Waals surface area (Å²) >= 11 is 0. The number of hydrogen-bond donors (Lipinski definition) is 0. The topological polar surface area (TPSA) is 170 Å². The van der Waals surface area contributed by atoms with Crippen LogP contribution in [0, 0.1) is 0 Å². The van der Waals surface area contributed by atoms with E-state index in [1.807, 2.05) is 0 Å². The molecule has 90 valence electrons. The predicted molar refractivity (Wildman–Crippen MR) is 33.5 cm³/mol. The minimum absolute atomic E-state index is 0. The van der Waals surface area contributed by atoms with E-state index in [1.165, 1.54) is 0 Å². The van der Waals surface area contributed by atoms with Crippen molar-refractivity contribution in [2.75, 3.05) is 0 Å². The first-order valence-corrected chi connectivity index (χ1v) is 3.71. The second kappa shape index (κ2) is 15.6. The Morgan fingerprint density at radius 3 is 1.20 bits per heavy atom. The zero-order valence-corrected chi connectivity index (χ0v) is 19.6. The molecule has 0 heterocycles. The Bertz CT molecular complexity index is 304. The van der Waals surface area contributed by atoms with Gasteiger partial charge in [0.25, 0.3) is 6.16 Å². The monoisotopic (exact) mass is 324 g/mol. The van der Waals surface area contributed by atoms with Crippen LogP contribution in [0.3, 0.4) is 0 Å². The standard InChI is InChI=1S/C7H8O9.4Na/c8-3(9)1-7(5(12)13,2-4(10)11)16-6(14)15;;;;/h1-2H2,(H,8,9)(H,10,11)(H,12,13)(H,14,15);;;;/q;4*+1/p-4. The van der Waals surface area contributed by atoms with Gasteiger partial charge in [-0.1, -0.05) is 0 Å².